The predicted octanol–water partition coefficient (Wildman–Crippen LogP) is 0.762. The van der Waals surface area contributed by atoms with E-state index in [0.717, 1.165) is 5.56 Å². The van der Waals surface area contributed by atoms with Gasteiger partial charge in [0.2, 0.25) is 5.91 Å². The van der Waals surface area contributed by atoms with Crippen LogP contribution in [0.15, 0.2) is 30.3 Å². The summed E-state index contributed by atoms with van der Waals surface area (Å²) in [6, 6.07) is 8.54. The number of carboxylic acids is 1. The molecule has 3 N–H and O–H groups in total. The molecule has 5 heteroatoms. The number of likely N-dealkylation sites (tertiary alicyclic amines) is 1. The van der Waals surface area contributed by atoms with Crippen molar-refractivity contribution in [3.05, 3.63) is 35.9 Å². The smallest absolute Gasteiger partial charge is 0.326 e. The summed E-state index contributed by atoms with van der Waals surface area (Å²) in [6.45, 7) is -0.160. The second-order valence-electron chi connectivity index (χ2n) is 4.36. The Morgan fingerprint density at radius 2 is 1.94 bits per heavy atom. The van der Waals surface area contributed by atoms with Gasteiger partial charge in [-0.25, -0.2) is 4.79 Å². The number of hydrogen-bond acceptors (Lipinski definition) is 3. The molecule has 2 rings (SSSR count). The van der Waals surface area contributed by atoms with Crippen LogP contribution in [0.3, 0.4) is 0 Å². The first-order valence-electron chi connectivity index (χ1n) is 5.94. The zero-order valence-electron chi connectivity index (χ0n) is 9.95. The van der Waals surface area contributed by atoms with Crippen molar-refractivity contribution in [2.45, 2.75) is 24.9 Å². The summed E-state index contributed by atoms with van der Waals surface area (Å²) in [7, 11) is 0. The summed E-state index contributed by atoms with van der Waals surface area (Å²) in [6.07, 6.45) is 1.13. The van der Waals surface area contributed by atoms with Crippen LogP contribution in [0.5, 0.6) is 0 Å². The Morgan fingerprint density at radius 3 is 2.50 bits per heavy atom. The van der Waals surface area contributed by atoms with Gasteiger partial charge in [0.1, 0.15) is 6.04 Å². The van der Waals surface area contributed by atoms with E-state index in [0.29, 0.717) is 12.8 Å². The third kappa shape index (κ3) is 2.22. The predicted molar refractivity (Wildman–Crippen MR) is 65.7 cm³/mol. The van der Waals surface area contributed by atoms with Crippen molar-refractivity contribution in [3.8, 4) is 0 Å². The number of carboxylic acid groups (broad SMARTS) is 1. The van der Waals surface area contributed by atoms with Crippen LogP contribution in [-0.4, -0.2) is 34.5 Å². The molecule has 96 valence electrons. The van der Waals surface area contributed by atoms with E-state index >= 15 is 0 Å². The Bertz CT molecular complexity index is 447. The molecule has 0 saturated carbocycles. The van der Waals surface area contributed by atoms with Crippen LogP contribution in [0, 0.1) is 0 Å². The fraction of sp³-hybridized carbons (Fsp3) is 0.385. The molecule has 1 unspecified atom stereocenters. The van der Waals surface area contributed by atoms with Crippen LogP contribution in [0.25, 0.3) is 0 Å². The normalized spacial score (nSPS) is 23.1. The quantitative estimate of drug-likeness (QED) is 0.827. The molecule has 2 atom stereocenters. The Kier molecular flexibility index (Phi) is 3.62. The van der Waals surface area contributed by atoms with Crippen molar-refractivity contribution < 1.29 is 14.7 Å². The molecular formula is C13H16N2O3. The number of nitrogens with two attached hydrogens (primary N) is 1. The Hall–Kier alpha value is -1.88. The highest BCUT2D eigenvalue weighted by Gasteiger charge is 2.40. The van der Waals surface area contributed by atoms with Crippen molar-refractivity contribution in [2.24, 2.45) is 5.73 Å². The van der Waals surface area contributed by atoms with Crippen LogP contribution in [-0.2, 0) is 9.59 Å². The fourth-order valence-electron chi connectivity index (χ4n) is 2.51. The molecule has 1 heterocycles. The summed E-state index contributed by atoms with van der Waals surface area (Å²) in [5, 5.41) is 9.16. The van der Waals surface area contributed by atoms with Gasteiger partial charge >= 0.3 is 5.97 Å². The standard InChI is InChI=1S/C13H16N2O3/c14-8-12(16)15-10(6-7-11(15)13(17)18)9-4-2-1-3-5-9/h1-5,10-11H,6-8,14H2,(H,17,18)/t10?,11-/m0/s1. The SMILES string of the molecule is NCC(=O)N1C(c2ccccc2)CC[C@H]1C(=O)O. The van der Waals surface area contributed by atoms with E-state index in [9.17, 15) is 9.59 Å². The molecular weight excluding hydrogens is 232 g/mol. The van der Waals surface area contributed by atoms with Crippen molar-refractivity contribution >= 4 is 11.9 Å². The molecule has 0 bridgehead atoms. The summed E-state index contributed by atoms with van der Waals surface area (Å²) in [4.78, 5) is 24.4. The van der Waals surface area contributed by atoms with Gasteiger partial charge < -0.3 is 15.7 Å². The lowest BCUT2D eigenvalue weighted by atomic mass is 10.0. The van der Waals surface area contributed by atoms with Gasteiger partial charge in [-0.1, -0.05) is 30.3 Å². The summed E-state index contributed by atoms with van der Waals surface area (Å²) in [5.41, 5.74) is 6.33. The average Bonchev–Trinajstić information content (AvgIpc) is 2.83. The largest absolute Gasteiger partial charge is 0.480 e. The average molecular weight is 248 g/mol. The first-order valence-corrected chi connectivity index (χ1v) is 5.94. The minimum Gasteiger partial charge on any atom is -0.480 e. The minimum absolute atomic E-state index is 0.160. The summed E-state index contributed by atoms with van der Waals surface area (Å²) < 4.78 is 0. The van der Waals surface area contributed by atoms with E-state index in [1.165, 1.54) is 4.90 Å². The number of carbonyl (C=O) groups is 2. The van der Waals surface area contributed by atoms with Crippen molar-refractivity contribution in [1.82, 2.24) is 4.90 Å². The van der Waals surface area contributed by atoms with E-state index in [1.807, 2.05) is 30.3 Å². The third-order valence-electron chi connectivity index (χ3n) is 3.32. The summed E-state index contributed by atoms with van der Waals surface area (Å²) in [5.74, 6) is -1.27. The molecule has 1 aliphatic rings. The minimum atomic E-state index is -0.963. The van der Waals surface area contributed by atoms with E-state index < -0.39 is 12.0 Å². The molecule has 0 aromatic heterocycles. The lowest BCUT2D eigenvalue weighted by Crippen LogP contribution is -2.44. The molecule has 18 heavy (non-hydrogen) atoms. The molecule has 1 fully saturated rings. The maximum atomic E-state index is 11.9. The zero-order chi connectivity index (χ0) is 13.1. The number of carbonyl (C=O) groups excluding carboxylic acids is 1. The van der Waals surface area contributed by atoms with Crippen LogP contribution in [0.4, 0.5) is 0 Å². The van der Waals surface area contributed by atoms with E-state index in [-0.39, 0.29) is 18.5 Å². The summed E-state index contributed by atoms with van der Waals surface area (Å²) >= 11 is 0. The topological polar surface area (TPSA) is 83.6 Å². The van der Waals surface area contributed by atoms with Crippen molar-refractivity contribution in [3.63, 3.8) is 0 Å². The van der Waals surface area contributed by atoms with Crippen molar-refractivity contribution in [1.29, 1.82) is 0 Å². The van der Waals surface area contributed by atoms with Gasteiger partial charge in [0.05, 0.1) is 12.6 Å². The Balaban J connectivity index is 2.31. The van der Waals surface area contributed by atoms with Gasteiger partial charge in [-0.2, -0.15) is 0 Å². The second kappa shape index (κ2) is 5.18. The lowest BCUT2D eigenvalue weighted by Gasteiger charge is -2.28. The first kappa shape index (κ1) is 12.6. The molecule has 1 saturated heterocycles. The van der Waals surface area contributed by atoms with E-state index in [1.54, 1.807) is 0 Å². The van der Waals surface area contributed by atoms with Crippen LogP contribution in [0.1, 0.15) is 24.4 Å². The van der Waals surface area contributed by atoms with Crippen molar-refractivity contribution in [2.75, 3.05) is 6.54 Å². The van der Waals surface area contributed by atoms with Gasteiger partial charge in [0.15, 0.2) is 0 Å². The maximum Gasteiger partial charge on any atom is 0.326 e. The Morgan fingerprint density at radius 1 is 1.28 bits per heavy atom. The molecule has 1 amide bonds. The van der Waals surface area contributed by atoms with Gasteiger partial charge in [-0.15, -0.1) is 0 Å². The Labute approximate surface area is 105 Å². The highest BCUT2D eigenvalue weighted by molar-refractivity contribution is 5.85. The number of rotatable bonds is 3. The molecule has 0 radical (unpaired) electrons. The number of hydrogen-bond donors (Lipinski definition) is 2. The maximum absolute atomic E-state index is 11.9. The van der Waals surface area contributed by atoms with E-state index in [4.69, 9.17) is 10.8 Å². The molecule has 1 aromatic carbocycles. The van der Waals surface area contributed by atoms with E-state index in [2.05, 4.69) is 0 Å². The second-order valence-corrected chi connectivity index (χ2v) is 4.36. The highest BCUT2D eigenvalue weighted by Crippen LogP contribution is 2.36. The van der Waals surface area contributed by atoms with Gasteiger partial charge in [0, 0.05) is 0 Å². The fourth-order valence-corrected chi connectivity index (χ4v) is 2.51. The van der Waals surface area contributed by atoms with Crippen LogP contribution < -0.4 is 5.73 Å². The van der Waals surface area contributed by atoms with Gasteiger partial charge in [0.25, 0.3) is 0 Å². The molecule has 5 nitrogen and oxygen atoms in total. The number of benzene rings is 1. The molecule has 1 aromatic rings. The van der Waals surface area contributed by atoms with Gasteiger partial charge in [-0.05, 0) is 18.4 Å². The molecule has 0 spiro atoms. The first-order chi connectivity index (χ1) is 8.65. The van der Waals surface area contributed by atoms with Crippen LogP contribution >= 0.6 is 0 Å². The number of amides is 1. The number of aliphatic carboxylic acids is 1. The highest BCUT2D eigenvalue weighted by atomic mass is 16.4. The molecule has 1 aliphatic heterocycles. The third-order valence-corrected chi connectivity index (χ3v) is 3.32. The lowest BCUT2D eigenvalue weighted by molar-refractivity contribution is -0.149. The zero-order valence-corrected chi connectivity index (χ0v) is 9.95. The monoisotopic (exact) mass is 248 g/mol. The molecule has 0 aliphatic carbocycles. The van der Waals surface area contributed by atoms with Crippen LogP contribution in [0.2, 0.25) is 0 Å². The van der Waals surface area contributed by atoms with Gasteiger partial charge in [-0.3, -0.25) is 4.79 Å². The number of nitrogens with zero attached hydrogens (tertiary/aromatic N) is 1.